The van der Waals surface area contributed by atoms with Crippen LogP contribution in [0.4, 0.5) is 5.82 Å². The Kier molecular flexibility index (Phi) is 8.22. The summed E-state index contributed by atoms with van der Waals surface area (Å²) in [5.41, 5.74) is 9.82. The third kappa shape index (κ3) is 5.99. The molecule has 1 amide bonds. The van der Waals surface area contributed by atoms with Crippen LogP contribution in [0, 0.1) is 11.3 Å². The number of nitrogen functional groups attached to an aromatic ring is 1. The number of carbonyl (C=O) groups is 1. The van der Waals surface area contributed by atoms with Gasteiger partial charge in [0.05, 0.1) is 11.4 Å². The van der Waals surface area contributed by atoms with Gasteiger partial charge in [0.25, 0.3) is 5.91 Å². The van der Waals surface area contributed by atoms with Crippen LogP contribution in [0.2, 0.25) is 0 Å². The number of hydrogen-bond donors (Lipinski definition) is 2. The van der Waals surface area contributed by atoms with Gasteiger partial charge in [0.1, 0.15) is 17.5 Å². The van der Waals surface area contributed by atoms with Crippen molar-refractivity contribution in [3.63, 3.8) is 0 Å². The van der Waals surface area contributed by atoms with Crippen molar-refractivity contribution in [2.75, 3.05) is 18.8 Å². The maximum atomic E-state index is 12.5. The van der Waals surface area contributed by atoms with E-state index < -0.39 is 0 Å². The number of carbonyl (C=O) groups excluding carboxylic acids is 1. The van der Waals surface area contributed by atoms with Crippen LogP contribution in [0.5, 0.6) is 0 Å². The van der Waals surface area contributed by atoms with Gasteiger partial charge in [-0.2, -0.15) is 10.4 Å². The molecule has 0 saturated carbocycles. The topological polar surface area (TPSA) is 100.0 Å². The van der Waals surface area contributed by atoms with Crippen molar-refractivity contribution in [2.24, 2.45) is 0 Å². The quantitative estimate of drug-likeness (QED) is 0.462. The fourth-order valence-corrected chi connectivity index (χ4v) is 3.76. The van der Waals surface area contributed by atoms with Crippen molar-refractivity contribution < 1.29 is 4.79 Å². The fourth-order valence-electron chi connectivity index (χ4n) is 3.76. The van der Waals surface area contributed by atoms with Gasteiger partial charge in [-0.15, -0.1) is 0 Å². The molecule has 0 saturated heterocycles. The molecule has 3 aromatic rings. The zero-order chi connectivity index (χ0) is 23.8. The van der Waals surface area contributed by atoms with E-state index in [4.69, 9.17) is 5.73 Å². The number of hydrogen-bond acceptors (Lipinski definition) is 5. The predicted octanol–water partition coefficient (Wildman–Crippen LogP) is 3.92. The Balaban J connectivity index is 1.54. The van der Waals surface area contributed by atoms with Crippen molar-refractivity contribution in [1.82, 2.24) is 20.0 Å². The lowest BCUT2D eigenvalue weighted by Gasteiger charge is -2.24. The standard InChI is InChI=1S/C26H32N6O/c1-4-31(19(2)3)18-20-12-14-21(15-13-20)26(33)29-16-8-11-24-23(17-27)25(28)32(30-24)22-9-6-5-7-10-22/h5-7,9-10,12-15,19H,4,8,11,16,18,28H2,1-3H3,(H,29,33). The second-order valence-corrected chi connectivity index (χ2v) is 8.28. The molecule has 0 unspecified atom stereocenters. The van der Waals surface area contributed by atoms with Gasteiger partial charge in [-0.05, 0) is 63.1 Å². The maximum absolute atomic E-state index is 12.5. The Bertz CT molecular complexity index is 1100. The van der Waals surface area contributed by atoms with Crippen LogP contribution >= 0.6 is 0 Å². The summed E-state index contributed by atoms with van der Waals surface area (Å²) in [4.78, 5) is 14.9. The van der Waals surface area contributed by atoms with Crippen LogP contribution in [0.25, 0.3) is 5.69 Å². The molecule has 0 spiro atoms. The molecule has 2 aromatic carbocycles. The molecule has 1 aromatic heterocycles. The van der Waals surface area contributed by atoms with Crippen molar-refractivity contribution in [3.8, 4) is 11.8 Å². The summed E-state index contributed by atoms with van der Waals surface area (Å²) in [7, 11) is 0. The van der Waals surface area contributed by atoms with Crippen molar-refractivity contribution in [3.05, 3.63) is 77.0 Å². The second kappa shape index (κ2) is 11.3. The summed E-state index contributed by atoms with van der Waals surface area (Å²) >= 11 is 0. The number of anilines is 1. The molecule has 172 valence electrons. The molecular weight excluding hydrogens is 412 g/mol. The monoisotopic (exact) mass is 444 g/mol. The Morgan fingerprint density at radius 2 is 1.88 bits per heavy atom. The number of aryl methyl sites for hydroxylation is 1. The van der Waals surface area contributed by atoms with Crippen molar-refractivity contribution in [2.45, 2.75) is 46.2 Å². The smallest absolute Gasteiger partial charge is 0.251 e. The highest BCUT2D eigenvalue weighted by atomic mass is 16.1. The molecule has 3 rings (SSSR count). The van der Waals surface area contributed by atoms with Crippen LogP contribution in [0.15, 0.2) is 54.6 Å². The van der Waals surface area contributed by atoms with Gasteiger partial charge in [0.15, 0.2) is 0 Å². The van der Waals surface area contributed by atoms with Gasteiger partial charge in [0.2, 0.25) is 0 Å². The first-order valence-corrected chi connectivity index (χ1v) is 11.4. The van der Waals surface area contributed by atoms with E-state index in [1.54, 1.807) is 4.68 Å². The van der Waals surface area contributed by atoms with Crippen molar-refractivity contribution in [1.29, 1.82) is 5.26 Å². The number of nitrogens with one attached hydrogen (secondary N) is 1. The van der Waals surface area contributed by atoms with E-state index in [0.29, 0.717) is 48.1 Å². The minimum atomic E-state index is -0.104. The molecule has 0 radical (unpaired) electrons. The molecule has 7 heteroatoms. The number of amides is 1. The first kappa shape index (κ1) is 24.0. The van der Waals surface area contributed by atoms with Gasteiger partial charge in [-0.1, -0.05) is 37.3 Å². The Morgan fingerprint density at radius 3 is 2.48 bits per heavy atom. The zero-order valence-corrected chi connectivity index (χ0v) is 19.6. The fraction of sp³-hybridized carbons (Fsp3) is 0.346. The Labute approximate surface area is 195 Å². The highest BCUT2D eigenvalue weighted by Gasteiger charge is 2.16. The average molecular weight is 445 g/mol. The number of para-hydroxylation sites is 1. The first-order chi connectivity index (χ1) is 15.9. The summed E-state index contributed by atoms with van der Waals surface area (Å²) in [6.07, 6.45) is 1.21. The van der Waals surface area contributed by atoms with Crippen molar-refractivity contribution >= 4 is 11.7 Å². The minimum Gasteiger partial charge on any atom is -0.382 e. The molecule has 0 fully saturated rings. The number of aromatic nitrogens is 2. The molecule has 1 heterocycles. The lowest BCUT2D eigenvalue weighted by Crippen LogP contribution is -2.30. The van der Waals surface area contributed by atoms with Crippen LogP contribution in [0.3, 0.4) is 0 Å². The van der Waals surface area contributed by atoms with Gasteiger partial charge < -0.3 is 11.1 Å². The summed E-state index contributed by atoms with van der Waals surface area (Å²) in [5, 5.41) is 17.0. The van der Waals surface area contributed by atoms with Gasteiger partial charge in [-0.3, -0.25) is 9.69 Å². The van der Waals surface area contributed by atoms with E-state index in [0.717, 1.165) is 18.8 Å². The number of nitriles is 1. The van der Waals surface area contributed by atoms with Crippen LogP contribution in [-0.4, -0.2) is 39.7 Å². The van der Waals surface area contributed by atoms with Crippen LogP contribution in [0.1, 0.15) is 54.4 Å². The van der Waals surface area contributed by atoms with Crippen LogP contribution in [-0.2, 0) is 13.0 Å². The molecule has 0 aliphatic heterocycles. The van der Waals surface area contributed by atoms with Gasteiger partial charge in [-0.25, -0.2) is 4.68 Å². The predicted molar refractivity (Wildman–Crippen MR) is 131 cm³/mol. The Morgan fingerprint density at radius 1 is 1.18 bits per heavy atom. The molecule has 0 bridgehead atoms. The number of nitrogens with zero attached hydrogens (tertiary/aromatic N) is 4. The number of rotatable bonds is 10. The highest BCUT2D eigenvalue weighted by Crippen LogP contribution is 2.21. The average Bonchev–Trinajstić information content (AvgIpc) is 3.15. The van der Waals surface area contributed by atoms with E-state index >= 15 is 0 Å². The molecule has 7 nitrogen and oxygen atoms in total. The maximum Gasteiger partial charge on any atom is 0.251 e. The molecule has 0 atom stereocenters. The summed E-state index contributed by atoms with van der Waals surface area (Å²) < 4.78 is 1.59. The molecular formula is C26H32N6O. The number of nitrogens with two attached hydrogens (primary N) is 1. The number of benzene rings is 2. The Hall–Kier alpha value is -3.63. The van der Waals surface area contributed by atoms with E-state index in [1.165, 1.54) is 5.56 Å². The molecule has 0 aliphatic rings. The normalized spacial score (nSPS) is 11.0. The van der Waals surface area contributed by atoms with E-state index in [-0.39, 0.29) is 5.91 Å². The molecule has 3 N–H and O–H groups in total. The molecule has 33 heavy (non-hydrogen) atoms. The van der Waals surface area contributed by atoms with E-state index in [2.05, 4.69) is 42.2 Å². The summed E-state index contributed by atoms with van der Waals surface area (Å²) in [6.45, 7) is 8.87. The SMILES string of the molecule is CCN(Cc1ccc(C(=O)NCCCc2nn(-c3ccccc3)c(N)c2C#N)cc1)C(C)C. The lowest BCUT2D eigenvalue weighted by molar-refractivity contribution is 0.0953. The highest BCUT2D eigenvalue weighted by molar-refractivity contribution is 5.94. The zero-order valence-electron chi connectivity index (χ0n) is 19.6. The largest absolute Gasteiger partial charge is 0.382 e. The first-order valence-electron chi connectivity index (χ1n) is 11.4. The summed E-state index contributed by atoms with van der Waals surface area (Å²) in [5.74, 6) is 0.231. The second-order valence-electron chi connectivity index (χ2n) is 8.28. The van der Waals surface area contributed by atoms with E-state index in [9.17, 15) is 10.1 Å². The van der Waals surface area contributed by atoms with Gasteiger partial charge >= 0.3 is 0 Å². The van der Waals surface area contributed by atoms with Gasteiger partial charge in [0, 0.05) is 24.7 Å². The molecule has 0 aliphatic carbocycles. The minimum absolute atomic E-state index is 0.104. The van der Waals surface area contributed by atoms with E-state index in [1.807, 2.05) is 54.6 Å². The summed E-state index contributed by atoms with van der Waals surface area (Å²) in [6, 6.07) is 19.9. The third-order valence-electron chi connectivity index (χ3n) is 5.72. The third-order valence-corrected chi connectivity index (χ3v) is 5.72. The van der Waals surface area contributed by atoms with Crippen LogP contribution < -0.4 is 11.1 Å². The lowest BCUT2D eigenvalue weighted by atomic mass is 10.1.